The van der Waals surface area contributed by atoms with Gasteiger partial charge in [0.15, 0.2) is 16.3 Å². The van der Waals surface area contributed by atoms with E-state index >= 15 is 0 Å². The third-order valence-corrected chi connectivity index (χ3v) is 7.82. The molecule has 0 amide bonds. The van der Waals surface area contributed by atoms with Crippen LogP contribution in [0.4, 0.5) is 0 Å². The molecule has 0 fully saturated rings. The van der Waals surface area contributed by atoms with E-state index in [0.29, 0.717) is 45.3 Å². The molecule has 1 aliphatic rings. The molecule has 1 aliphatic heterocycles. The minimum atomic E-state index is -0.818. The zero-order chi connectivity index (χ0) is 29.1. The summed E-state index contributed by atoms with van der Waals surface area (Å²) in [6.45, 7) is 8.44. The summed E-state index contributed by atoms with van der Waals surface area (Å²) in [6, 6.07) is 16.4. The van der Waals surface area contributed by atoms with Gasteiger partial charge in [-0.3, -0.25) is 9.36 Å². The zero-order valence-electron chi connectivity index (χ0n) is 23.7. The summed E-state index contributed by atoms with van der Waals surface area (Å²) in [5, 5.41) is 1.93. The summed E-state index contributed by atoms with van der Waals surface area (Å²) in [4.78, 5) is 32.7. The third-order valence-electron chi connectivity index (χ3n) is 6.83. The van der Waals surface area contributed by atoms with Crippen LogP contribution in [0, 0.1) is 0 Å². The molecule has 4 aromatic rings. The Balaban J connectivity index is 1.77. The molecule has 0 N–H and O–H groups in total. The van der Waals surface area contributed by atoms with Crippen LogP contribution in [0.15, 0.2) is 75.7 Å². The minimum absolute atomic E-state index is 0.188. The smallest absolute Gasteiger partial charge is 0.338 e. The number of ether oxygens (including phenoxy) is 4. The average Bonchev–Trinajstić information content (AvgIpc) is 3.28. The summed E-state index contributed by atoms with van der Waals surface area (Å²) in [6.07, 6.45) is 1.87. The zero-order valence-corrected chi connectivity index (χ0v) is 24.5. The van der Waals surface area contributed by atoms with Gasteiger partial charge in [-0.2, -0.15) is 0 Å². The van der Waals surface area contributed by atoms with Crippen molar-refractivity contribution in [2.75, 3.05) is 26.9 Å². The molecule has 212 valence electrons. The fraction of sp³-hybridized carbons (Fsp3) is 0.281. The fourth-order valence-electron chi connectivity index (χ4n) is 5.14. The molecule has 1 aromatic heterocycles. The van der Waals surface area contributed by atoms with Gasteiger partial charge in [-0.25, -0.2) is 9.79 Å². The van der Waals surface area contributed by atoms with E-state index in [1.54, 1.807) is 31.6 Å². The standard InChI is InChI=1S/C32H32N2O6S/c1-6-38-24-17-16-20(21-12-9-10-13-22(21)24)18-26-30(35)34-28(23-14-11-15-25(37-5)29(23)39-7-2)27(31(36)40-8-3)19(4)33-32(34)41-26/h9-18,28H,6-8H2,1-5H3/b26-18+/t28-/m0/s1. The first kappa shape index (κ1) is 28.2. The molecule has 3 aromatic carbocycles. The molecular formula is C32H32N2O6S. The number of carbonyl (C=O) groups is 1. The van der Waals surface area contributed by atoms with Crippen molar-refractivity contribution in [1.29, 1.82) is 0 Å². The normalized spacial score (nSPS) is 15.0. The predicted octanol–water partition coefficient (Wildman–Crippen LogP) is 4.76. The Morgan fingerprint density at radius 3 is 2.41 bits per heavy atom. The second-order valence-electron chi connectivity index (χ2n) is 9.25. The number of thiazole rings is 1. The first-order valence-electron chi connectivity index (χ1n) is 13.6. The lowest BCUT2D eigenvalue weighted by atomic mass is 9.94. The number of hydrogen-bond acceptors (Lipinski definition) is 8. The van der Waals surface area contributed by atoms with Crippen molar-refractivity contribution in [1.82, 2.24) is 4.57 Å². The topological polar surface area (TPSA) is 88.4 Å². The minimum Gasteiger partial charge on any atom is -0.493 e. The van der Waals surface area contributed by atoms with E-state index in [1.165, 1.54) is 11.3 Å². The van der Waals surface area contributed by atoms with Gasteiger partial charge in [0.05, 0.1) is 42.7 Å². The SMILES string of the molecule is CCOC(=O)C1=C(C)N=c2s/c(=C/c3ccc(OCC)c4ccccc34)c(=O)n2[C@H]1c1cccc(OC)c1OCC. The van der Waals surface area contributed by atoms with Crippen LogP contribution in [0.2, 0.25) is 0 Å². The number of para-hydroxylation sites is 1. The van der Waals surface area contributed by atoms with Gasteiger partial charge in [0.2, 0.25) is 0 Å². The monoisotopic (exact) mass is 572 g/mol. The van der Waals surface area contributed by atoms with E-state index in [0.717, 1.165) is 22.1 Å². The Hall–Kier alpha value is -4.37. The molecule has 9 heteroatoms. The lowest BCUT2D eigenvalue weighted by molar-refractivity contribution is -0.139. The third kappa shape index (κ3) is 5.13. The van der Waals surface area contributed by atoms with Crippen molar-refractivity contribution in [3.05, 3.63) is 96.7 Å². The highest BCUT2D eigenvalue weighted by molar-refractivity contribution is 7.07. The maximum Gasteiger partial charge on any atom is 0.338 e. The number of methoxy groups -OCH3 is 1. The molecule has 1 atom stereocenters. The fourth-order valence-corrected chi connectivity index (χ4v) is 6.17. The van der Waals surface area contributed by atoms with Gasteiger partial charge in [-0.05, 0) is 56.9 Å². The van der Waals surface area contributed by atoms with Crippen molar-refractivity contribution in [2.45, 2.75) is 33.7 Å². The molecule has 0 bridgehead atoms. The van der Waals surface area contributed by atoms with Gasteiger partial charge in [-0.1, -0.05) is 53.8 Å². The summed E-state index contributed by atoms with van der Waals surface area (Å²) in [5.74, 6) is 1.23. The number of nitrogens with zero attached hydrogens (tertiary/aromatic N) is 2. The molecule has 2 heterocycles. The van der Waals surface area contributed by atoms with Crippen molar-refractivity contribution in [3.8, 4) is 17.2 Å². The predicted molar refractivity (Wildman–Crippen MR) is 160 cm³/mol. The Bertz CT molecular complexity index is 1840. The van der Waals surface area contributed by atoms with Crippen LogP contribution in [0.5, 0.6) is 17.2 Å². The van der Waals surface area contributed by atoms with Crippen molar-refractivity contribution < 1.29 is 23.7 Å². The first-order chi connectivity index (χ1) is 19.9. The Labute approximate surface area is 241 Å². The van der Waals surface area contributed by atoms with Gasteiger partial charge >= 0.3 is 5.97 Å². The maximum atomic E-state index is 14.2. The largest absolute Gasteiger partial charge is 0.493 e. The lowest BCUT2D eigenvalue weighted by Crippen LogP contribution is -2.40. The number of esters is 1. The number of aromatic nitrogens is 1. The van der Waals surface area contributed by atoms with E-state index in [4.69, 9.17) is 23.9 Å². The summed E-state index contributed by atoms with van der Waals surface area (Å²) in [7, 11) is 1.56. The lowest BCUT2D eigenvalue weighted by Gasteiger charge is -2.26. The number of hydrogen-bond donors (Lipinski definition) is 0. The number of benzene rings is 3. The van der Waals surface area contributed by atoms with Crippen LogP contribution in [-0.4, -0.2) is 37.5 Å². The van der Waals surface area contributed by atoms with Crippen LogP contribution in [0.3, 0.4) is 0 Å². The van der Waals surface area contributed by atoms with E-state index in [1.807, 2.05) is 68.5 Å². The van der Waals surface area contributed by atoms with Crippen LogP contribution in [0.25, 0.3) is 16.8 Å². The summed E-state index contributed by atoms with van der Waals surface area (Å²) >= 11 is 1.28. The molecule has 0 aliphatic carbocycles. The number of fused-ring (bicyclic) bond motifs is 2. The summed E-state index contributed by atoms with van der Waals surface area (Å²) in [5.41, 5.74) is 1.99. The average molecular weight is 573 g/mol. The van der Waals surface area contributed by atoms with Crippen LogP contribution >= 0.6 is 11.3 Å². The number of carbonyl (C=O) groups excluding carboxylic acids is 1. The molecule has 0 spiro atoms. The first-order valence-corrected chi connectivity index (χ1v) is 14.4. The van der Waals surface area contributed by atoms with Gasteiger partial charge in [0.25, 0.3) is 5.56 Å². The van der Waals surface area contributed by atoms with Gasteiger partial charge in [0, 0.05) is 10.9 Å². The molecule has 5 rings (SSSR count). The highest BCUT2D eigenvalue weighted by Crippen LogP contribution is 2.40. The molecule has 0 unspecified atom stereocenters. The summed E-state index contributed by atoms with van der Waals surface area (Å²) < 4.78 is 24.9. The molecular weight excluding hydrogens is 540 g/mol. The van der Waals surface area contributed by atoms with Crippen molar-refractivity contribution in [2.24, 2.45) is 4.99 Å². The maximum absolute atomic E-state index is 14.2. The molecule has 0 saturated carbocycles. The van der Waals surface area contributed by atoms with Crippen LogP contribution in [-0.2, 0) is 9.53 Å². The highest BCUT2D eigenvalue weighted by atomic mass is 32.1. The van der Waals surface area contributed by atoms with Crippen LogP contribution < -0.4 is 29.1 Å². The number of allylic oxidation sites excluding steroid dienone is 1. The highest BCUT2D eigenvalue weighted by Gasteiger charge is 2.36. The van der Waals surface area contributed by atoms with Gasteiger partial charge in [0.1, 0.15) is 11.8 Å². The van der Waals surface area contributed by atoms with E-state index in [-0.39, 0.29) is 17.7 Å². The second kappa shape index (κ2) is 12.0. The molecule has 41 heavy (non-hydrogen) atoms. The number of rotatable bonds is 9. The van der Waals surface area contributed by atoms with E-state index < -0.39 is 12.0 Å². The van der Waals surface area contributed by atoms with E-state index in [2.05, 4.69) is 0 Å². The molecule has 0 saturated heterocycles. The second-order valence-corrected chi connectivity index (χ2v) is 10.3. The quantitative estimate of drug-likeness (QED) is 0.269. The van der Waals surface area contributed by atoms with Crippen molar-refractivity contribution >= 4 is 34.2 Å². The Kier molecular flexibility index (Phi) is 8.26. The molecule has 0 radical (unpaired) electrons. The van der Waals surface area contributed by atoms with Crippen LogP contribution in [0.1, 0.15) is 44.9 Å². The van der Waals surface area contributed by atoms with Gasteiger partial charge < -0.3 is 18.9 Å². The van der Waals surface area contributed by atoms with Crippen molar-refractivity contribution in [3.63, 3.8) is 0 Å². The van der Waals surface area contributed by atoms with Gasteiger partial charge in [-0.15, -0.1) is 0 Å². The Morgan fingerprint density at radius 1 is 0.951 bits per heavy atom. The molecule has 8 nitrogen and oxygen atoms in total. The Morgan fingerprint density at radius 2 is 1.71 bits per heavy atom. The van der Waals surface area contributed by atoms with E-state index in [9.17, 15) is 9.59 Å².